The summed E-state index contributed by atoms with van der Waals surface area (Å²) in [6, 6.07) is 8.53. The Kier molecular flexibility index (Phi) is 5.95. The second-order valence-electron chi connectivity index (χ2n) is 7.47. The van der Waals surface area contributed by atoms with E-state index in [1.165, 1.54) is 6.07 Å². The third-order valence-electron chi connectivity index (χ3n) is 3.78. The number of halogens is 1. The fourth-order valence-electron chi connectivity index (χ4n) is 2.44. The number of nitrogens with one attached hydrogen (secondary N) is 1. The number of carbonyl (C=O) groups is 1. The number of aromatic nitrogens is 2. The van der Waals surface area contributed by atoms with Gasteiger partial charge < -0.3 is 10.2 Å². The Balaban J connectivity index is 2.18. The topological polar surface area (TPSA) is 50.2 Å². The van der Waals surface area contributed by atoms with Crippen LogP contribution in [0.5, 0.6) is 0 Å². The van der Waals surface area contributed by atoms with Crippen molar-refractivity contribution >= 4 is 5.91 Å². The highest BCUT2D eigenvalue weighted by Gasteiger charge is 2.20. The first-order chi connectivity index (χ1) is 11.7. The summed E-state index contributed by atoms with van der Waals surface area (Å²) in [5.74, 6) is -0.285. The van der Waals surface area contributed by atoms with Crippen molar-refractivity contribution in [3.63, 3.8) is 0 Å². The molecule has 136 valence electrons. The first kappa shape index (κ1) is 19.1. The van der Waals surface area contributed by atoms with E-state index < -0.39 is 5.41 Å². The Morgan fingerprint density at radius 3 is 2.56 bits per heavy atom. The number of nitrogens with zero attached hydrogens (tertiary/aromatic N) is 3. The van der Waals surface area contributed by atoms with Gasteiger partial charge in [-0.05, 0) is 32.3 Å². The Bertz CT molecular complexity index is 731. The highest BCUT2D eigenvalue weighted by molar-refractivity contribution is 5.81. The van der Waals surface area contributed by atoms with Crippen molar-refractivity contribution in [1.82, 2.24) is 20.0 Å². The van der Waals surface area contributed by atoms with Crippen LogP contribution in [0.15, 0.2) is 30.3 Å². The molecule has 0 saturated carbocycles. The van der Waals surface area contributed by atoms with Crippen molar-refractivity contribution in [2.24, 2.45) is 5.41 Å². The fraction of sp³-hybridized carbons (Fsp3) is 0.474. The summed E-state index contributed by atoms with van der Waals surface area (Å²) in [5, 5.41) is 7.48. The minimum Gasteiger partial charge on any atom is -0.354 e. The molecule has 5 nitrogen and oxygen atoms in total. The van der Waals surface area contributed by atoms with Crippen LogP contribution in [0.4, 0.5) is 4.39 Å². The molecule has 0 aliphatic rings. The molecule has 0 saturated heterocycles. The number of rotatable bonds is 6. The minimum atomic E-state index is -0.422. The highest BCUT2D eigenvalue weighted by Crippen LogP contribution is 2.22. The molecule has 0 unspecified atom stereocenters. The molecule has 2 rings (SSSR count). The summed E-state index contributed by atoms with van der Waals surface area (Å²) in [5.41, 5.74) is 1.65. The van der Waals surface area contributed by atoms with Crippen molar-refractivity contribution < 1.29 is 9.18 Å². The molecule has 0 spiro atoms. The monoisotopic (exact) mass is 346 g/mol. The molecular weight excluding hydrogens is 319 g/mol. The third kappa shape index (κ3) is 5.13. The zero-order valence-corrected chi connectivity index (χ0v) is 15.6. The van der Waals surface area contributed by atoms with E-state index in [0.29, 0.717) is 30.9 Å². The van der Waals surface area contributed by atoms with Crippen LogP contribution >= 0.6 is 0 Å². The SMILES string of the molecule is CN(C)Cc1cc(-c2ccccc2F)nn1CCNC(=O)C(C)(C)C. The van der Waals surface area contributed by atoms with Gasteiger partial charge >= 0.3 is 0 Å². The zero-order valence-electron chi connectivity index (χ0n) is 15.6. The Morgan fingerprint density at radius 1 is 1.28 bits per heavy atom. The average Bonchev–Trinajstić information content (AvgIpc) is 2.88. The van der Waals surface area contributed by atoms with Crippen LogP contribution in [0.2, 0.25) is 0 Å². The zero-order chi connectivity index (χ0) is 18.6. The lowest BCUT2D eigenvalue weighted by molar-refractivity contribution is -0.128. The summed E-state index contributed by atoms with van der Waals surface area (Å²) in [6.45, 7) is 7.35. The molecule has 25 heavy (non-hydrogen) atoms. The largest absolute Gasteiger partial charge is 0.354 e. The van der Waals surface area contributed by atoms with Crippen molar-refractivity contribution in [3.05, 3.63) is 41.8 Å². The summed E-state index contributed by atoms with van der Waals surface area (Å²) in [7, 11) is 3.95. The lowest BCUT2D eigenvalue weighted by Gasteiger charge is -2.18. The normalized spacial score (nSPS) is 11.8. The van der Waals surface area contributed by atoms with Gasteiger partial charge in [0.1, 0.15) is 5.82 Å². The van der Waals surface area contributed by atoms with Crippen LogP contribution in [0, 0.1) is 11.2 Å². The first-order valence-corrected chi connectivity index (χ1v) is 8.43. The third-order valence-corrected chi connectivity index (χ3v) is 3.78. The molecule has 0 fully saturated rings. The van der Waals surface area contributed by atoms with Gasteiger partial charge in [0.05, 0.1) is 17.9 Å². The quantitative estimate of drug-likeness (QED) is 0.875. The van der Waals surface area contributed by atoms with Gasteiger partial charge in [0.15, 0.2) is 0 Å². The lowest BCUT2D eigenvalue weighted by Crippen LogP contribution is -2.36. The molecule has 0 aliphatic heterocycles. The molecule has 0 radical (unpaired) electrons. The molecule has 0 bridgehead atoms. The molecule has 1 amide bonds. The van der Waals surface area contributed by atoms with Gasteiger partial charge in [-0.25, -0.2) is 4.39 Å². The van der Waals surface area contributed by atoms with E-state index in [-0.39, 0.29) is 11.7 Å². The van der Waals surface area contributed by atoms with Crippen molar-refractivity contribution in [1.29, 1.82) is 0 Å². The van der Waals surface area contributed by atoms with Crippen molar-refractivity contribution in [2.75, 3.05) is 20.6 Å². The molecule has 2 aromatic rings. The molecule has 6 heteroatoms. The number of hydrogen-bond donors (Lipinski definition) is 1. The Labute approximate surface area is 148 Å². The molecule has 1 aromatic heterocycles. The number of benzene rings is 1. The summed E-state index contributed by atoms with van der Waals surface area (Å²) in [6.07, 6.45) is 0. The molecule has 1 heterocycles. The molecule has 1 N–H and O–H groups in total. The smallest absolute Gasteiger partial charge is 0.225 e. The van der Waals surface area contributed by atoms with E-state index in [9.17, 15) is 9.18 Å². The second kappa shape index (κ2) is 7.78. The highest BCUT2D eigenvalue weighted by atomic mass is 19.1. The minimum absolute atomic E-state index is 0.00291. The molecule has 1 aromatic carbocycles. The van der Waals surface area contributed by atoms with Crippen LogP contribution in [0.3, 0.4) is 0 Å². The predicted molar refractivity (Wildman–Crippen MR) is 97.5 cm³/mol. The van der Waals surface area contributed by atoms with Crippen LogP contribution < -0.4 is 5.32 Å². The van der Waals surface area contributed by atoms with Gasteiger partial charge in [0.2, 0.25) is 5.91 Å². The molecule has 0 atom stereocenters. The molecule has 0 aliphatic carbocycles. The van der Waals surface area contributed by atoms with Crippen LogP contribution in [0.1, 0.15) is 26.5 Å². The van der Waals surface area contributed by atoms with E-state index in [0.717, 1.165) is 5.69 Å². The van der Waals surface area contributed by atoms with Gasteiger partial charge in [-0.15, -0.1) is 0 Å². The van der Waals surface area contributed by atoms with Gasteiger partial charge in [-0.2, -0.15) is 5.10 Å². The second-order valence-corrected chi connectivity index (χ2v) is 7.47. The maximum Gasteiger partial charge on any atom is 0.225 e. The molecular formula is C19H27FN4O. The average molecular weight is 346 g/mol. The van der Waals surface area contributed by atoms with Gasteiger partial charge in [-0.1, -0.05) is 32.9 Å². The first-order valence-electron chi connectivity index (χ1n) is 8.43. The lowest BCUT2D eigenvalue weighted by atomic mass is 9.96. The maximum absolute atomic E-state index is 14.1. The van der Waals surface area contributed by atoms with E-state index in [1.54, 1.807) is 18.2 Å². The number of hydrogen-bond acceptors (Lipinski definition) is 3. The van der Waals surface area contributed by atoms with Crippen molar-refractivity contribution in [2.45, 2.75) is 33.9 Å². The van der Waals surface area contributed by atoms with Gasteiger partial charge in [0.25, 0.3) is 0 Å². The van der Waals surface area contributed by atoms with Crippen LogP contribution in [-0.4, -0.2) is 41.2 Å². The standard InChI is InChI=1S/C19H27FN4O/c1-19(2,3)18(25)21-10-11-24-14(13-23(4)5)12-17(22-24)15-8-6-7-9-16(15)20/h6-9,12H,10-11,13H2,1-5H3,(H,21,25). The van der Waals surface area contributed by atoms with E-state index >= 15 is 0 Å². The number of carbonyl (C=O) groups excluding carboxylic acids is 1. The summed E-state index contributed by atoms with van der Waals surface area (Å²) < 4.78 is 15.9. The Hall–Kier alpha value is -2.21. The van der Waals surface area contributed by atoms with Crippen molar-refractivity contribution in [3.8, 4) is 11.3 Å². The summed E-state index contributed by atoms with van der Waals surface area (Å²) in [4.78, 5) is 14.0. The fourth-order valence-corrected chi connectivity index (χ4v) is 2.44. The van der Waals surface area contributed by atoms with E-state index in [4.69, 9.17) is 0 Å². The van der Waals surface area contributed by atoms with Crippen LogP contribution in [0.25, 0.3) is 11.3 Å². The van der Waals surface area contributed by atoms with E-state index in [1.807, 2.05) is 50.5 Å². The predicted octanol–water partition coefficient (Wildman–Crippen LogP) is 2.91. The Morgan fingerprint density at radius 2 is 1.96 bits per heavy atom. The van der Waals surface area contributed by atoms with Crippen LogP contribution in [-0.2, 0) is 17.9 Å². The van der Waals surface area contributed by atoms with Gasteiger partial charge in [-0.3, -0.25) is 9.48 Å². The number of amides is 1. The summed E-state index contributed by atoms with van der Waals surface area (Å²) >= 11 is 0. The van der Waals surface area contributed by atoms with Gasteiger partial charge in [0, 0.05) is 24.1 Å². The van der Waals surface area contributed by atoms with E-state index in [2.05, 4.69) is 10.4 Å². The maximum atomic E-state index is 14.1.